The van der Waals surface area contributed by atoms with Crippen LogP contribution in [0.2, 0.25) is 0 Å². The van der Waals surface area contributed by atoms with Crippen LogP contribution >= 0.6 is 24.8 Å². The quantitative estimate of drug-likeness (QED) is 0.228. The fourth-order valence-corrected chi connectivity index (χ4v) is 5.59. The number of hydrogen-bond acceptors (Lipinski definition) is 6. The molecule has 0 unspecified atom stereocenters. The molecule has 9 rings (SSSR count). The van der Waals surface area contributed by atoms with Crippen LogP contribution in [0.25, 0.3) is 89.7 Å². The average Bonchev–Trinajstić information content (AvgIpc) is 3.73. The number of nitrogens with one attached hydrogen (secondary N) is 2. The minimum absolute atomic E-state index is 0. The second-order valence-corrected chi connectivity index (χ2v) is 9.79. The number of aromatic amines is 2. The first-order chi connectivity index (χ1) is 19.8. The van der Waals surface area contributed by atoms with Gasteiger partial charge in [0, 0.05) is 43.8 Å². The molecule has 12 heteroatoms. The third kappa shape index (κ3) is 4.59. The Kier molecular flexibility index (Phi) is 8.19. The van der Waals surface area contributed by atoms with Gasteiger partial charge in [-0.05, 0) is 21.9 Å². The second-order valence-electron chi connectivity index (χ2n) is 9.79. The summed E-state index contributed by atoms with van der Waals surface area (Å²) in [6.45, 7) is 0. The number of hydrogen-bond donors (Lipinski definition) is 2. The lowest BCUT2D eigenvalue weighted by atomic mass is 10.1. The second kappa shape index (κ2) is 11.7. The van der Waals surface area contributed by atoms with E-state index in [4.69, 9.17) is 29.9 Å². The van der Waals surface area contributed by atoms with Crippen LogP contribution < -0.4 is 0 Å². The summed E-state index contributed by atoms with van der Waals surface area (Å²) in [7, 11) is 0. The summed E-state index contributed by atoms with van der Waals surface area (Å²) < 4.78 is 0. The summed E-state index contributed by atoms with van der Waals surface area (Å²) in [4.78, 5) is 36.8. The molecule has 0 amide bonds. The van der Waals surface area contributed by atoms with Crippen molar-refractivity contribution in [2.24, 2.45) is 0 Å². The van der Waals surface area contributed by atoms with Gasteiger partial charge in [0.15, 0.2) is 23.3 Å². The Labute approximate surface area is 272 Å². The van der Waals surface area contributed by atoms with Gasteiger partial charge in [-0.25, -0.2) is 29.9 Å². The summed E-state index contributed by atoms with van der Waals surface area (Å²) in [5.74, 6) is 2.39. The molecule has 7 aromatic rings. The van der Waals surface area contributed by atoms with Gasteiger partial charge in [0.2, 0.25) is 0 Å². The zero-order valence-corrected chi connectivity index (χ0v) is 23.4. The lowest BCUT2D eigenvalue weighted by Crippen LogP contribution is -1.82. The van der Waals surface area contributed by atoms with Gasteiger partial charge >= 0.3 is 0 Å². The maximum absolute atomic E-state index is 5.02. The van der Waals surface area contributed by atoms with Crippen LogP contribution in [-0.2, 0) is 0 Å². The SMILES string of the molecule is Cl.Cl.[SiH4].[SiH4].c1ccc2c(c1)-c1nc-2nc2[nH]c(nc3nc(nc4[nH]c(n1)c1ccccc41)-c1ccccc1-3)c1ccccc21. The monoisotopic (exact) mass is 650 g/mol. The molecule has 0 saturated heterocycles. The Morgan fingerprint density at radius 2 is 0.545 bits per heavy atom. The first-order valence-electron chi connectivity index (χ1n) is 13.0. The minimum atomic E-state index is 0. The lowest BCUT2D eigenvalue weighted by molar-refractivity contribution is 1.19. The van der Waals surface area contributed by atoms with E-state index in [9.17, 15) is 0 Å². The minimum Gasteiger partial charge on any atom is -0.324 e. The first-order valence-corrected chi connectivity index (χ1v) is 13.0. The predicted molar refractivity (Wildman–Crippen MR) is 193 cm³/mol. The van der Waals surface area contributed by atoms with Crippen molar-refractivity contribution in [3.8, 4) is 45.6 Å². The fourth-order valence-electron chi connectivity index (χ4n) is 5.59. The van der Waals surface area contributed by atoms with Gasteiger partial charge in [0.05, 0.1) is 0 Å². The van der Waals surface area contributed by atoms with Crippen LogP contribution in [0.1, 0.15) is 0 Å². The number of nitrogens with zero attached hydrogens (tertiary/aromatic N) is 6. The maximum atomic E-state index is 5.02. The van der Waals surface area contributed by atoms with Crippen molar-refractivity contribution in [2.75, 3.05) is 0 Å². The van der Waals surface area contributed by atoms with Gasteiger partial charge < -0.3 is 9.97 Å². The van der Waals surface area contributed by atoms with E-state index in [1.54, 1.807) is 0 Å². The van der Waals surface area contributed by atoms with Gasteiger partial charge in [-0.15, -0.1) is 24.8 Å². The van der Waals surface area contributed by atoms with Crippen LogP contribution in [-0.4, -0.2) is 61.8 Å². The molecule has 8 nitrogen and oxygen atoms in total. The molecule has 0 radical (unpaired) electrons. The number of halogens is 2. The van der Waals surface area contributed by atoms with Crippen molar-refractivity contribution < 1.29 is 0 Å². The van der Waals surface area contributed by atoms with E-state index in [0.29, 0.717) is 45.9 Å². The molecule has 3 aromatic heterocycles. The number of aromatic nitrogens is 8. The molecular weight excluding hydrogens is 623 g/mol. The molecule has 0 fully saturated rings. The summed E-state index contributed by atoms with van der Waals surface area (Å²) in [6, 6.07) is 32.2. The van der Waals surface area contributed by atoms with E-state index < -0.39 is 0 Å². The molecular formula is C32H28Cl2N8Si2. The van der Waals surface area contributed by atoms with E-state index in [0.717, 1.165) is 43.8 Å². The summed E-state index contributed by atoms with van der Waals surface area (Å²) >= 11 is 0. The summed E-state index contributed by atoms with van der Waals surface area (Å²) in [5.41, 5.74) is 6.45. The molecule has 0 atom stereocenters. The maximum Gasteiger partial charge on any atom is 0.164 e. The zero-order valence-electron chi connectivity index (χ0n) is 21.7. The smallest absolute Gasteiger partial charge is 0.164 e. The van der Waals surface area contributed by atoms with Crippen LogP contribution in [0, 0.1) is 0 Å². The molecule has 0 spiro atoms. The van der Waals surface area contributed by atoms with Crippen molar-refractivity contribution in [2.45, 2.75) is 0 Å². The Bertz CT molecular complexity index is 2050. The first kappa shape index (κ1) is 30.7. The normalized spacial score (nSPS) is 10.9. The topological polar surface area (TPSA) is 109 Å². The van der Waals surface area contributed by atoms with Crippen LogP contribution in [0.15, 0.2) is 97.1 Å². The Balaban J connectivity index is 0.000000960. The number of rotatable bonds is 0. The number of fused-ring (bicyclic) bond motifs is 20. The van der Waals surface area contributed by atoms with Crippen LogP contribution in [0.3, 0.4) is 0 Å². The molecule has 4 aromatic carbocycles. The van der Waals surface area contributed by atoms with Crippen molar-refractivity contribution in [1.82, 2.24) is 39.9 Å². The van der Waals surface area contributed by atoms with Crippen LogP contribution in [0.5, 0.6) is 0 Å². The summed E-state index contributed by atoms with van der Waals surface area (Å²) in [5, 5.41) is 3.82. The largest absolute Gasteiger partial charge is 0.324 e. The molecule has 8 bridgehead atoms. The predicted octanol–water partition coefficient (Wildman–Crippen LogP) is 4.81. The highest BCUT2D eigenvalue weighted by molar-refractivity contribution is 6.06. The Hall–Kier alpha value is -4.75. The van der Waals surface area contributed by atoms with Gasteiger partial charge in [-0.3, -0.25) is 0 Å². The molecule has 2 aliphatic rings. The highest BCUT2D eigenvalue weighted by atomic mass is 35.5. The third-order valence-electron chi connectivity index (χ3n) is 7.46. The highest BCUT2D eigenvalue weighted by Crippen LogP contribution is 2.36. The van der Waals surface area contributed by atoms with Gasteiger partial charge in [0.25, 0.3) is 0 Å². The van der Waals surface area contributed by atoms with Crippen molar-refractivity contribution >= 4 is 90.9 Å². The molecule has 44 heavy (non-hydrogen) atoms. The summed E-state index contributed by atoms with van der Waals surface area (Å²) in [6.07, 6.45) is 0. The standard InChI is InChI=1S/C32H18N8.2ClH.2H4Si/c1-2-10-18-17(9-1)25-33-26(18)38-28-21-13-5-6-14-22(21)30(35-28)40-32-24-16-8-7-15-23(24)31(36-32)39-29-20-12-4-3-11-19(20)27(34-29)37-25;;;;/h1-16H,(H2,33,34,35,36,37,38,39,40);2*1H;2*1H4. The molecule has 0 aliphatic carbocycles. The van der Waals surface area contributed by atoms with Crippen molar-refractivity contribution in [1.29, 1.82) is 0 Å². The molecule has 5 heterocycles. The van der Waals surface area contributed by atoms with Gasteiger partial charge in [0.1, 0.15) is 22.6 Å². The Morgan fingerprint density at radius 3 is 0.795 bits per heavy atom. The van der Waals surface area contributed by atoms with Gasteiger partial charge in [-0.1, -0.05) is 97.1 Å². The Morgan fingerprint density at radius 1 is 0.318 bits per heavy atom. The molecule has 2 N–H and O–H groups in total. The van der Waals surface area contributed by atoms with E-state index >= 15 is 0 Å². The lowest BCUT2D eigenvalue weighted by Gasteiger charge is -1.96. The van der Waals surface area contributed by atoms with Gasteiger partial charge in [-0.2, -0.15) is 0 Å². The van der Waals surface area contributed by atoms with Crippen molar-refractivity contribution in [3.63, 3.8) is 0 Å². The highest BCUT2D eigenvalue weighted by Gasteiger charge is 2.21. The zero-order chi connectivity index (χ0) is 26.2. The third-order valence-corrected chi connectivity index (χ3v) is 7.46. The molecule has 218 valence electrons. The van der Waals surface area contributed by atoms with E-state index in [1.807, 2.05) is 97.1 Å². The number of H-pyrrole nitrogens is 2. The average molecular weight is 652 g/mol. The number of benzene rings is 4. The van der Waals surface area contributed by atoms with E-state index in [-0.39, 0.29) is 46.7 Å². The molecule has 0 saturated carbocycles. The van der Waals surface area contributed by atoms with E-state index in [2.05, 4.69) is 9.97 Å². The molecule has 2 aliphatic heterocycles. The van der Waals surface area contributed by atoms with Crippen molar-refractivity contribution in [3.05, 3.63) is 97.1 Å². The fraction of sp³-hybridized carbons (Fsp3) is 0. The van der Waals surface area contributed by atoms with E-state index in [1.165, 1.54) is 0 Å². The van der Waals surface area contributed by atoms with Crippen LogP contribution in [0.4, 0.5) is 0 Å².